The highest BCUT2D eigenvalue weighted by Gasteiger charge is 2.42. The second-order valence-corrected chi connectivity index (χ2v) is 13.5. The first kappa shape index (κ1) is 31.3. The molecule has 0 amide bonds. The van der Waals surface area contributed by atoms with Gasteiger partial charge >= 0.3 is 5.97 Å². The number of carbonyl (C=O) groups excluding carboxylic acids is 1. The van der Waals surface area contributed by atoms with E-state index in [1.807, 2.05) is 19.1 Å². The number of fused-ring (bicyclic) bond motifs is 1. The van der Waals surface area contributed by atoms with Gasteiger partial charge in [0.05, 0.1) is 42.4 Å². The minimum absolute atomic E-state index is 0.218. The third-order valence-electron chi connectivity index (χ3n) is 7.97. The Morgan fingerprint density at radius 2 is 1.85 bits per heavy atom. The number of aryl methyl sites for hydroxylation is 1. The van der Waals surface area contributed by atoms with E-state index in [1.54, 1.807) is 45.2 Å². The van der Waals surface area contributed by atoms with Gasteiger partial charge < -0.3 is 23.8 Å². The zero-order valence-electron chi connectivity index (χ0n) is 24.9. The molecule has 0 spiro atoms. The lowest BCUT2D eigenvalue weighted by atomic mass is 9.83. The number of nitrogens with zero attached hydrogens (tertiary/aromatic N) is 2. The first-order chi connectivity index (χ1) is 19.5. The number of hydrogen-bond donors (Lipinski definition) is 0. The summed E-state index contributed by atoms with van der Waals surface area (Å²) in [5.74, 6) is 0.512. The monoisotopic (exact) mass is 588 g/mol. The molecule has 4 rings (SSSR count). The standard InChI is InChI=1S/C31H44N2O7S/c1-23-7-12-27(13-8-23)41(35,36)33-21-26(11-10-25(33)20-31(2,3)30(34)38-5)40-22-24-9-14-29-28(19-24)32(16-18-39-29)15-6-17-37-4/h7-9,12-14,19,25-26H,6,10-11,15-18,20-22H2,1-5H3/t25-,26+/m0/s1. The predicted molar refractivity (Wildman–Crippen MR) is 158 cm³/mol. The zero-order chi connectivity index (χ0) is 29.6. The van der Waals surface area contributed by atoms with Crippen molar-refractivity contribution in [2.24, 2.45) is 5.41 Å². The topological polar surface area (TPSA) is 94.6 Å². The molecule has 0 aliphatic carbocycles. The highest BCUT2D eigenvalue weighted by atomic mass is 32.2. The molecule has 10 heteroatoms. The molecule has 0 N–H and O–H groups in total. The van der Waals surface area contributed by atoms with Crippen LogP contribution in [0.1, 0.15) is 50.7 Å². The molecule has 0 radical (unpaired) electrons. The molecule has 2 aliphatic rings. The summed E-state index contributed by atoms with van der Waals surface area (Å²) in [5.41, 5.74) is 2.22. The molecule has 41 heavy (non-hydrogen) atoms. The Kier molecular flexibility index (Phi) is 10.3. The molecule has 0 saturated carbocycles. The third-order valence-corrected chi connectivity index (χ3v) is 9.90. The Balaban J connectivity index is 1.50. The van der Waals surface area contributed by atoms with E-state index in [-0.39, 0.29) is 29.6 Å². The van der Waals surface area contributed by atoms with Crippen LogP contribution in [0.2, 0.25) is 0 Å². The average molecular weight is 589 g/mol. The van der Waals surface area contributed by atoms with Crippen molar-refractivity contribution < 1.29 is 32.2 Å². The highest BCUT2D eigenvalue weighted by Crippen LogP contribution is 2.36. The average Bonchev–Trinajstić information content (AvgIpc) is 2.96. The highest BCUT2D eigenvalue weighted by molar-refractivity contribution is 7.89. The molecule has 0 bridgehead atoms. The fourth-order valence-electron chi connectivity index (χ4n) is 5.65. The summed E-state index contributed by atoms with van der Waals surface area (Å²) in [7, 11) is -0.737. The van der Waals surface area contributed by atoms with Crippen molar-refractivity contribution in [2.75, 3.05) is 52.0 Å². The molecular weight excluding hydrogens is 544 g/mol. The molecule has 1 saturated heterocycles. The van der Waals surface area contributed by atoms with Crippen molar-refractivity contribution in [3.8, 4) is 5.75 Å². The minimum Gasteiger partial charge on any atom is -0.490 e. The Morgan fingerprint density at radius 1 is 1.10 bits per heavy atom. The molecule has 0 unspecified atom stereocenters. The predicted octanol–water partition coefficient (Wildman–Crippen LogP) is 4.56. The summed E-state index contributed by atoms with van der Waals surface area (Å²) in [6.45, 7) is 9.16. The van der Waals surface area contributed by atoms with Gasteiger partial charge in [0.2, 0.25) is 10.0 Å². The lowest BCUT2D eigenvalue weighted by molar-refractivity contribution is -0.152. The van der Waals surface area contributed by atoms with Crippen LogP contribution in [0.15, 0.2) is 47.4 Å². The van der Waals surface area contributed by atoms with Gasteiger partial charge in [-0.25, -0.2) is 8.42 Å². The molecule has 2 atom stereocenters. The molecular formula is C31H44N2O7S. The Hall–Kier alpha value is -2.66. The number of methoxy groups -OCH3 is 2. The van der Waals surface area contributed by atoms with Crippen LogP contribution in [-0.4, -0.2) is 77.9 Å². The number of esters is 1. The van der Waals surface area contributed by atoms with Crippen LogP contribution in [0.5, 0.6) is 5.75 Å². The fourth-order valence-corrected chi connectivity index (χ4v) is 7.33. The number of carbonyl (C=O) groups is 1. The lowest BCUT2D eigenvalue weighted by Crippen LogP contribution is -2.51. The molecule has 1 fully saturated rings. The second kappa shape index (κ2) is 13.5. The number of rotatable bonds is 12. The lowest BCUT2D eigenvalue weighted by Gasteiger charge is -2.41. The van der Waals surface area contributed by atoms with Gasteiger partial charge in [0.15, 0.2) is 0 Å². The van der Waals surface area contributed by atoms with Crippen LogP contribution in [0, 0.1) is 12.3 Å². The quantitative estimate of drug-likeness (QED) is 0.263. The molecule has 2 heterocycles. The van der Waals surface area contributed by atoms with E-state index in [0.717, 1.165) is 42.1 Å². The van der Waals surface area contributed by atoms with E-state index in [2.05, 4.69) is 11.0 Å². The molecule has 2 aromatic rings. The smallest absolute Gasteiger partial charge is 0.311 e. The third kappa shape index (κ3) is 7.60. The van der Waals surface area contributed by atoms with Gasteiger partial charge in [-0.15, -0.1) is 0 Å². The first-order valence-electron chi connectivity index (χ1n) is 14.3. The minimum atomic E-state index is -3.81. The van der Waals surface area contributed by atoms with E-state index < -0.39 is 15.4 Å². The largest absolute Gasteiger partial charge is 0.490 e. The first-order valence-corrected chi connectivity index (χ1v) is 15.8. The maximum atomic E-state index is 13.9. The van der Waals surface area contributed by atoms with E-state index >= 15 is 0 Å². The summed E-state index contributed by atoms with van der Waals surface area (Å²) >= 11 is 0. The molecule has 9 nitrogen and oxygen atoms in total. The van der Waals surface area contributed by atoms with Gasteiger partial charge in [0.1, 0.15) is 12.4 Å². The van der Waals surface area contributed by atoms with Crippen molar-refractivity contribution in [1.82, 2.24) is 4.31 Å². The summed E-state index contributed by atoms with van der Waals surface area (Å²) < 4.78 is 51.7. The SMILES string of the molecule is COCCCN1CCOc2ccc(CO[C@@H]3CC[C@@H](CC(C)(C)C(=O)OC)N(S(=O)(=O)c4ccc(C)cc4)C3)cc21. The van der Waals surface area contributed by atoms with E-state index in [1.165, 1.54) is 11.4 Å². The molecule has 2 aliphatic heterocycles. The normalized spacial score (nSPS) is 19.9. The zero-order valence-corrected chi connectivity index (χ0v) is 25.7. The number of sulfonamides is 1. The molecule has 226 valence electrons. The Morgan fingerprint density at radius 3 is 2.56 bits per heavy atom. The van der Waals surface area contributed by atoms with Crippen molar-refractivity contribution in [1.29, 1.82) is 0 Å². The van der Waals surface area contributed by atoms with E-state index in [4.69, 9.17) is 18.9 Å². The van der Waals surface area contributed by atoms with Gasteiger partial charge in [0.25, 0.3) is 0 Å². The van der Waals surface area contributed by atoms with Crippen LogP contribution in [0.25, 0.3) is 0 Å². The van der Waals surface area contributed by atoms with Crippen molar-refractivity contribution >= 4 is 21.7 Å². The van der Waals surface area contributed by atoms with Crippen LogP contribution < -0.4 is 9.64 Å². The van der Waals surface area contributed by atoms with Gasteiger partial charge in [-0.1, -0.05) is 23.8 Å². The van der Waals surface area contributed by atoms with Gasteiger partial charge in [0, 0.05) is 32.8 Å². The second-order valence-electron chi connectivity index (χ2n) is 11.6. The van der Waals surface area contributed by atoms with Crippen LogP contribution in [0.4, 0.5) is 5.69 Å². The van der Waals surface area contributed by atoms with Gasteiger partial charge in [-0.3, -0.25) is 4.79 Å². The van der Waals surface area contributed by atoms with Crippen LogP contribution in [0.3, 0.4) is 0 Å². The van der Waals surface area contributed by atoms with E-state index in [0.29, 0.717) is 39.1 Å². The molecule has 0 aromatic heterocycles. The number of ether oxygens (including phenoxy) is 4. The van der Waals surface area contributed by atoms with Crippen molar-refractivity contribution in [3.63, 3.8) is 0 Å². The van der Waals surface area contributed by atoms with Crippen LogP contribution in [-0.2, 0) is 35.6 Å². The summed E-state index contributed by atoms with van der Waals surface area (Å²) in [6.07, 6.45) is 2.29. The summed E-state index contributed by atoms with van der Waals surface area (Å²) in [4.78, 5) is 15.0. The van der Waals surface area contributed by atoms with E-state index in [9.17, 15) is 13.2 Å². The fraction of sp³-hybridized carbons (Fsp3) is 0.581. The maximum absolute atomic E-state index is 13.9. The number of piperidine rings is 1. The number of hydrogen-bond acceptors (Lipinski definition) is 8. The summed E-state index contributed by atoms with van der Waals surface area (Å²) in [6, 6.07) is 12.6. The summed E-state index contributed by atoms with van der Waals surface area (Å²) in [5, 5.41) is 0. The van der Waals surface area contributed by atoms with Crippen LogP contribution >= 0.6 is 0 Å². The molecule has 2 aromatic carbocycles. The van der Waals surface area contributed by atoms with Crippen molar-refractivity contribution in [3.05, 3.63) is 53.6 Å². The number of anilines is 1. The Labute approximate surface area is 244 Å². The van der Waals surface area contributed by atoms with Crippen molar-refractivity contribution in [2.45, 2.75) is 70.1 Å². The van der Waals surface area contributed by atoms with Gasteiger partial charge in [-0.2, -0.15) is 4.31 Å². The van der Waals surface area contributed by atoms with Gasteiger partial charge in [-0.05, 0) is 76.3 Å². The maximum Gasteiger partial charge on any atom is 0.311 e. The number of benzene rings is 2. The Bertz CT molecular complexity index is 1280.